The van der Waals surface area contributed by atoms with Crippen molar-refractivity contribution < 1.29 is 18.3 Å². The number of rotatable bonds is 3. The third-order valence-corrected chi connectivity index (χ3v) is 5.55. The van der Waals surface area contributed by atoms with Gasteiger partial charge in [0.25, 0.3) is 15.9 Å². The molecule has 1 aliphatic heterocycles. The van der Waals surface area contributed by atoms with E-state index in [1.807, 2.05) is 0 Å². The van der Waals surface area contributed by atoms with E-state index in [4.69, 9.17) is 5.11 Å². The summed E-state index contributed by atoms with van der Waals surface area (Å²) in [6, 6.07) is 6.83. The zero-order valence-electron chi connectivity index (χ0n) is 10.3. The third kappa shape index (κ3) is 1.72. The second kappa shape index (κ2) is 4.07. The molecule has 1 N–H and O–H groups in total. The minimum atomic E-state index is -3.53. The van der Waals surface area contributed by atoms with E-state index >= 15 is 0 Å². The summed E-state index contributed by atoms with van der Waals surface area (Å²) in [5.74, 6) is -0.381. The van der Waals surface area contributed by atoms with Crippen molar-refractivity contribution in [1.29, 1.82) is 0 Å². The predicted octanol–water partition coefficient (Wildman–Crippen LogP) is 0.630. The molecule has 0 spiro atoms. The maximum atomic E-state index is 11.9. The molecule has 0 radical (unpaired) electrons. The molecule has 1 saturated heterocycles. The van der Waals surface area contributed by atoms with E-state index < -0.39 is 14.8 Å². The summed E-state index contributed by atoms with van der Waals surface area (Å²) in [4.78, 5) is 11.7. The molecule has 98 valence electrons. The molecule has 0 saturated carbocycles. The molecule has 5 nitrogen and oxygen atoms in total. The van der Waals surface area contributed by atoms with E-state index in [-0.39, 0.29) is 19.1 Å². The van der Waals surface area contributed by atoms with Crippen molar-refractivity contribution in [3.05, 3.63) is 35.4 Å². The minimum Gasteiger partial charge on any atom is -0.392 e. The fraction of sp³-hybridized carbons (Fsp3) is 0.417. The highest BCUT2D eigenvalue weighted by atomic mass is 32.2. The molecular formula is C12H15NO4S. The van der Waals surface area contributed by atoms with E-state index in [9.17, 15) is 13.2 Å². The van der Waals surface area contributed by atoms with Crippen LogP contribution in [0.4, 0.5) is 0 Å². The minimum absolute atomic E-state index is 0.0519. The van der Waals surface area contributed by atoms with Gasteiger partial charge in [-0.3, -0.25) is 4.79 Å². The molecule has 2 rings (SSSR count). The molecule has 1 heterocycles. The number of hydrogen-bond donors (Lipinski definition) is 1. The van der Waals surface area contributed by atoms with Crippen LogP contribution in [0, 0.1) is 0 Å². The summed E-state index contributed by atoms with van der Waals surface area (Å²) < 4.78 is 23.3. The van der Waals surface area contributed by atoms with Gasteiger partial charge in [0.15, 0.2) is 4.75 Å². The van der Waals surface area contributed by atoms with E-state index in [1.54, 1.807) is 24.3 Å². The molecule has 18 heavy (non-hydrogen) atoms. The maximum Gasteiger partial charge on any atom is 0.259 e. The Kier molecular flexibility index (Phi) is 2.95. The smallest absolute Gasteiger partial charge is 0.259 e. The average Bonchev–Trinajstić information content (AvgIpc) is 2.35. The predicted molar refractivity (Wildman–Crippen MR) is 65.9 cm³/mol. The van der Waals surface area contributed by atoms with Crippen molar-refractivity contribution in [2.75, 3.05) is 0 Å². The van der Waals surface area contributed by atoms with Crippen LogP contribution in [0.1, 0.15) is 25.0 Å². The maximum absolute atomic E-state index is 11.9. The number of aliphatic hydroxyl groups excluding tert-OH is 1. The van der Waals surface area contributed by atoms with Gasteiger partial charge in [-0.05, 0) is 25.0 Å². The number of hydrogen-bond acceptors (Lipinski definition) is 4. The van der Waals surface area contributed by atoms with Gasteiger partial charge in [-0.1, -0.05) is 24.3 Å². The summed E-state index contributed by atoms with van der Waals surface area (Å²) in [7, 11) is -3.53. The standard InChI is InChI=1S/C12H15NO4S/c1-12(2)11(15)13(18(12,16)17)7-9-3-5-10(8-14)6-4-9/h3-6,14H,7-8H2,1-2H3. The van der Waals surface area contributed by atoms with Gasteiger partial charge in [-0.2, -0.15) is 0 Å². The average molecular weight is 269 g/mol. The summed E-state index contributed by atoms with van der Waals surface area (Å²) in [5.41, 5.74) is 1.47. The molecule has 0 aliphatic carbocycles. The van der Waals surface area contributed by atoms with Gasteiger partial charge in [0.05, 0.1) is 13.2 Å². The van der Waals surface area contributed by atoms with Crippen molar-refractivity contribution in [1.82, 2.24) is 4.31 Å². The molecule has 6 heteroatoms. The van der Waals surface area contributed by atoms with Crippen LogP contribution in [0.25, 0.3) is 0 Å². The van der Waals surface area contributed by atoms with Crippen LogP contribution >= 0.6 is 0 Å². The molecule has 1 amide bonds. The lowest BCUT2D eigenvalue weighted by molar-refractivity contribution is -0.132. The van der Waals surface area contributed by atoms with Crippen LogP contribution < -0.4 is 0 Å². The van der Waals surface area contributed by atoms with Crippen molar-refractivity contribution in [3.8, 4) is 0 Å². The highest BCUT2D eigenvalue weighted by molar-refractivity contribution is 7.94. The molecular weight excluding hydrogens is 254 g/mol. The highest BCUT2D eigenvalue weighted by Gasteiger charge is 2.59. The summed E-state index contributed by atoms with van der Waals surface area (Å²) in [6.45, 7) is 2.82. The first-order valence-corrected chi connectivity index (χ1v) is 7.00. The molecule has 1 aromatic carbocycles. The first-order valence-electron chi connectivity index (χ1n) is 5.56. The summed E-state index contributed by atoms with van der Waals surface area (Å²) in [5, 5.41) is 8.90. The molecule has 0 bridgehead atoms. The fourth-order valence-electron chi connectivity index (χ4n) is 1.83. The Morgan fingerprint density at radius 3 is 2.11 bits per heavy atom. The van der Waals surface area contributed by atoms with E-state index in [0.29, 0.717) is 0 Å². The lowest BCUT2D eigenvalue weighted by atomic mass is 10.1. The van der Waals surface area contributed by atoms with Crippen LogP contribution in [0.3, 0.4) is 0 Å². The zero-order chi connectivity index (χ0) is 13.6. The number of carbonyl (C=O) groups is 1. The summed E-state index contributed by atoms with van der Waals surface area (Å²) >= 11 is 0. The van der Waals surface area contributed by atoms with Gasteiger partial charge in [0.1, 0.15) is 0 Å². The topological polar surface area (TPSA) is 74.7 Å². The van der Waals surface area contributed by atoms with Crippen molar-refractivity contribution in [3.63, 3.8) is 0 Å². The van der Waals surface area contributed by atoms with Gasteiger partial charge in [-0.15, -0.1) is 0 Å². The Hall–Kier alpha value is -1.40. The Morgan fingerprint density at radius 1 is 1.17 bits per heavy atom. The van der Waals surface area contributed by atoms with Crippen molar-refractivity contribution in [2.24, 2.45) is 0 Å². The first-order chi connectivity index (χ1) is 8.30. The van der Waals surface area contributed by atoms with Gasteiger partial charge in [0, 0.05) is 0 Å². The molecule has 0 atom stereocenters. The zero-order valence-corrected chi connectivity index (χ0v) is 11.1. The van der Waals surface area contributed by atoms with Crippen LogP contribution in [0.2, 0.25) is 0 Å². The normalized spacial score (nSPS) is 20.6. The number of benzene rings is 1. The quantitative estimate of drug-likeness (QED) is 0.873. The van der Waals surface area contributed by atoms with Gasteiger partial charge < -0.3 is 5.11 Å². The number of amides is 1. The lowest BCUT2D eigenvalue weighted by Crippen LogP contribution is -2.66. The largest absolute Gasteiger partial charge is 0.392 e. The fourth-order valence-corrected chi connectivity index (χ4v) is 3.34. The number of nitrogens with zero attached hydrogens (tertiary/aromatic N) is 1. The van der Waals surface area contributed by atoms with Crippen LogP contribution in [0.15, 0.2) is 24.3 Å². The Morgan fingerprint density at radius 2 is 1.67 bits per heavy atom. The van der Waals surface area contributed by atoms with Gasteiger partial charge in [-0.25, -0.2) is 12.7 Å². The van der Waals surface area contributed by atoms with Crippen LogP contribution in [-0.2, 0) is 28.0 Å². The van der Waals surface area contributed by atoms with Crippen molar-refractivity contribution in [2.45, 2.75) is 31.7 Å². The Balaban J connectivity index is 2.18. The second-order valence-electron chi connectivity index (χ2n) is 4.80. The number of aliphatic hydroxyl groups is 1. The molecule has 1 fully saturated rings. The Labute approximate surface area is 106 Å². The lowest BCUT2D eigenvalue weighted by Gasteiger charge is -2.43. The summed E-state index contributed by atoms with van der Waals surface area (Å²) in [6.07, 6.45) is 0. The second-order valence-corrected chi connectivity index (χ2v) is 7.21. The van der Waals surface area contributed by atoms with E-state index in [1.165, 1.54) is 13.8 Å². The molecule has 0 unspecified atom stereocenters. The van der Waals surface area contributed by atoms with E-state index in [0.717, 1.165) is 15.4 Å². The van der Waals surface area contributed by atoms with Gasteiger partial charge >= 0.3 is 0 Å². The Bertz CT molecular complexity index is 575. The number of sulfonamides is 1. The SMILES string of the molecule is CC1(C)C(=O)N(Cc2ccc(CO)cc2)S1(=O)=O. The molecule has 1 aliphatic rings. The van der Waals surface area contributed by atoms with Crippen LogP contribution in [0.5, 0.6) is 0 Å². The van der Waals surface area contributed by atoms with Crippen molar-refractivity contribution >= 4 is 15.9 Å². The molecule has 1 aromatic rings. The monoisotopic (exact) mass is 269 g/mol. The van der Waals surface area contributed by atoms with Gasteiger partial charge in [0.2, 0.25) is 0 Å². The third-order valence-electron chi connectivity index (χ3n) is 3.21. The highest BCUT2D eigenvalue weighted by Crippen LogP contribution is 2.35. The molecule has 0 aromatic heterocycles. The number of carbonyl (C=O) groups excluding carboxylic acids is 1. The van der Waals surface area contributed by atoms with E-state index in [2.05, 4.69) is 0 Å². The van der Waals surface area contributed by atoms with Crippen LogP contribution in [-0.4, -0.2) is 28.5 Å². The first kappa shape index (κ1) is 13.0.